The van der Waals surface area contributed by atoms with Crippen molar-refractivity contribution in [2.24, 2.45) is 11.8 Å². The molecule has 0 aliphatic heterocycles. The third kappa shape index (κ3) is 4.11. The molecule has 2 fully saturated rings. The molecule has 0 radical (unpaired) electrons. The van der Waals surface area contributed by atoms with Crippen LogP contribution in [0.5, 0.6) is 0 Å². The summed E-state index contributed by atoms with van der Waals surface area (Å²) in [5, 5.41) is 38.3. The van der Waals surface area contributed by atoms with Crippen molar-refractivity contribution in [3.8, 4) is 11.3 Å². The Hall–Kier alpha value is -3.04. The summed E-state index contributed by atoms with van der Waals surface area (Å²) in [5.41, 5.74) is 3.72. The van der Waals surface area contributed by atoms with E-state index in [1.165, 1.54) is 31.9 Å². The summed E-state index contributed by atoms with van der Waals surface area (Å²) in [6.07, 6.45) is 14.6. The molecule has 3 aromatic heterocycles. The van der Waals surface area contributed by atoms with Gasteiger partial charge in [0.25, 0.3) is 0 Å². The van der Waals surface area contributed by atoms with Crippen LogP contribution >= 0.6 is 0 Å². The lowest BCUT2D eigenvalue weighted by molar-refractivity contribution is 0.0972. The zero-order valence-corrected chi connectivity index (χ0v) is 17.2. The lowest BCUT2D eigenvalue weighted by Gasteiger charge is -2.15. The molecule has 5 rings (SSSR count). The first-order chi connectivity index (χ1) is 15.2. The number of fused-ring (bicyclic) bond motifs is 1. The molecule has 2 aliphatic carbocycles. The third-order valence-electron chi connectivity index (χ3n) is 6.05. The van der Waals surface area contributed by atoms with E-state index in [9.17, 15) is 5.11 Å². The molecular weight excluding hydrogens is 394 g/mol. The van der Waals surface area contributed by atoms with Gasteiger partial charge < -0.3 is 20.9 Å². The van der Waals surface area contributed by atoms with Gasteiger partial charge in [0.2, 0.25) is 0 Å². The maximum absolute atomic E-state index is 9.52. The Morgan fingerprint density at radius 1 is 1.23 bits per heavy atom. The smallest absolute Gasteiger partial charge is 0.0999 e. The minimum atomic E-state index is -0.864. The van der Waals surface area contributed by atoms with Crippen molar-refractivity contribution in [2.45, 2.75) is 37.8 Å². The van der Waals surface area contributed by atoms with Crippen LogP contribution in [0, 0.1) is 17.2 Å². The third-order valence-corrected chi connectivity index (χ3v) is 6.05. The second-order valence-corrected chi connectivity index (χ2v) is 8.50. The van der Waals surface area contributed by atoms with E-state index in [0.717, 1.165) is 28.6 Å². The summed E-state index contributed by atoms with van der Waals surface area (Å²) in [5.74, 6) is 1.50. The Labute approximate surface area is 179 Å². The molecule has 0 saturated heterocycles. The maximum Gasteiger partial charge on any atom is 0.0999 e. The molecule has 31 heavy (non-hydrogen) atoms. The molecule has 4 N–H and O–H groups in total. The van der Waals surface area contributed by atoms with Gasteiger partial charge >= 0.3 is 0 Å². The summed E-state index contributed by atoms with van der Waals surface area (Å²) in [6.45, 7) is -0.143. The van der Waals surface area contributed by atoms with E-state index >= 15 is 0 Å². The maximum atomic E-state index is 9.52. The molecule has 9 heteroatoms. The van der Waals surface area contributed by atoms with Crippen molar-refractivity contribution in [2.75, 3.05) is 13.2 Å². The molecule has 2 aliphatic rings. The normalized spacial score (nSPS) is 18.0. The first-order valence-electron chi connectivity index (χ1n) is 10.8. The fourth-order valence-corrected chi connectivity index (χ4v) is 4.15. The van der Waals surface area contributed by atoms with Gasteiger partial charge in [0.15, 0.2) is 0 Å². The van der Waals surface area contributed by atoms with E-state index in [1.54, 1.807) is 23.1 Å². The van der Waals surface area contributed by atoms with Crippen molar-refractivity contribution in [3.05, 3.63) is 42.7 Å². The topological polar surface area (TPSA) is 124 Å². The first kappa shape index (κ1) is 19.9. The number of aliphatic hydroxyl groups is 2. The number of nitrogens with zero attached hydrogens (tertiary/aromatic N) is 5. The zero-order chi connectivity index (χ0) is 21.4. The molecule has 1 atom stereocenters. The second kappa shape index (κ2) is 8.24. The molecule has 3 aromatic rings. The number of hydrogen-bond acceptors (Lipinski definition) is 7. The summed E-state index contributed by atoms with van der Waals surface area (Å²) in [6, 6.07) is 2.42. The van der Waals surface area contributed by atoms with E-state index in [-0.39, 0.29) is 13.2 Å². The SMILES string of the molecule is N=C/C(=C\NCC(O)CO)c1cn2nccc2c(-c2cnn(C(C3CC3)C3CC3)c2)n1. The van der Waals surface area contributed by atoms with Crippen LogP contribution in [0.1, 0.15) is 37.4 Å². The molecule has 0 amide bonds. The van der Waals surface area contributed by atoms with Gasteiger partial charge in [0.1, 0.15) is 0 Å². The quantitative estimate of drug-likeness (QED) is 0.371. The van der Waals surface area contributed by atoms with Crippen LogP contribution in [-0.4, -0.2) is 60.1 Å². The van der Waals surface area contributed by atoms with Crippen LogP contribution in [0.15, 0.2) is 37.1 Å². The average molecular weight is 422 g/mol. The Balaban J connectivity index is 1.48. The number of aliphatic hydroxyl groups excluding tert-OH is 2. The van der Waals surface area contributed by atoms with Crippen LogP contribution in [-0.2, 0) is 0 Å². The van der Waals surface area contributed by atoms with Crippen molar-refractivity contribution in [3.63, 3.8) is 0 Å². The fourth-order valence-electron chi connectivity index (χ4n) is 4.15. The number of hydrogen-bond donors (Lipinski definition) is 4. The van der Waals surface area contributed by atoms with Gasteiger partial charge in [0, 0.05) is 36.3 Å². The number of aromatic nitrogens is 5. The molecular formula is C22H27N7O2. The molecule has 9 nitrogen and oxygen atoms in total. The van der Waals surface area contributed by atoms with Crippen molar-refractivity contribution >= 4 is 17.3 Å². The zero-order valence-electron chi connectivity index (χ0n) is 17.2. The van der Waals surface area contributed by atoms with Crippen LogP contribution in [0.25, 0.3) is 22.3 Å². The van der Waals surface area contributed by atoms with Gasteiger partial charge in [0.05, 0.1) is 54.2 Å². The molecule has 0 spiro atoms. The van der Waals surface area contributed by atoms with Crippen LogP contribution in [0.4, 0.5) is 0 Å². The molecule has 2 saturated carbocycles. The lowest BCUT2D eigenvalue weighted by Crippen LogP contribution is -2.26. The van der Waals surface area contributed by atoms with E-state index in [4.69, 9.17) is 20.6 Å². The monoisotopic (exact) mass is 421 g/mol. The van der Waals surface area contributed by atoms with Crippen LogP contribution in [0.2, 0.25) is 0 Å². The van der Waals surface area contributed by atoms with Gasteiger partial charge in [-0.3, -0.25) is 4.68 Å². The summed E-state index contributed by atoms with van der Waals surface area (Å²) in [4.78, 5) is 4.84. The van der Waals surface area contributed by atoms with Gasteiger partial charge in [-0.05, 0) is 43.6 Å². The van der Waals surface area contributed by atoms with Gasteiger partial charge in [-0.1, -0.05) is 0 Å². The molecule has 1 unspecified atom stereocenters. The summed E-state index contributed by atoms with van der Waals surface area (Å²) in [7, 11) is 0. The average Bonchev–Trinajstić information content (AvgIpc) is 3.70. The van der Waals surface area contributed by atoms with Gasteiger partial charge in [-0.2, -0.15) is 10.2 Å². The van der Waals surface area contributed by atoms with E-state index < -0.39 is 6.10 Å². The van der Waals surface area contributed by atoms with Crippen LogP contribution in [0.3, 0.4) is 0 Å². The highest BCUT2D eigenvalue weighted by atomic mass is 16.3. The Kier molecular flexibility index (Phi) is 5.29. The molecule has 3 heterocycles. The fraction of sp³-hybridized carbons (Fsp3) is 0.455. The summed E-state index contributed by atoms with van der Waals surface area (Å²) >= 11 is 0. The van der Waals surface area contributed by atoms with Crippen molar-refractivity contribution in [1.82, 2.24) is 29.7 Å². The number of allylic oxidation sites excluding steroid dienone is 1. The molecule has 0 bridgehead atoms. The minimum absolute atomic E-state index is 0.182. The predicted molar refractivity (Wildman–Crippen MR) is 117 cm³/mol. The molecule has 0 aromatic carbocycles. The highest BCUT2D eigenvalue weighted by Crippen LogP contribution is 2.51. The highest BCUT2D eigenvalue weighted by Gasteiger charge is 2.43. The Bertz CT molecular complexity index is 1100. The predicted octanol–water partition coefficient (Wildman–Crippen LogP) is 1.89. The van der Waals surface area contributed by atoms with E-state index in [2.05, 4.69) is 21.3 Å². The van der Waals surface area contributed by atoms with E-state index in [1.807, 2.05) is 12.3 Å². The second-order valence-electron chi connectivity index (χ2n) is 8.50. The van der Waals surface area contributed by atoms with Crippen molar-refractivity contribution in [1.29, 1.82) is 5.41 Å². The van der Waals surface area contributed by atoms with Crippen LogP contribution < -0.4 is 5.32 Å². The first-order valence-corrected chi connectivity index (χ1v) is 10.8. The van der Waals surface area contributed by atoms with E-state index in [0.29, 0.717) is 17.3 Å². The largest absolute Gasteiger partial charge is 0.394 e. The van der Waals surface area contributed by atoms with Gasteiger partial charge in [-0.25, -0.2) is 9.50 Å². The van der Waals surface area contributed by atoms with Gasteiger partial charge in [-0.15, -0.1) is 0 Å². The Morgan fingerprint density at radius 2 is 2.00 bits per heavy atom. The summed E-state index contributed by atoms with van der Waals surface area (Å²) < 4.78 is 3.89. The highest BCUT2D eigenvalue weighted by molar-refractivity contribution is 6.07. The number of rotatable bonds is 10. The minimum Gasteiger partial charge on any atom is -0.394 e. The lowest BCUT2D eigenvalue weighted by atomic mass is 10.1. The number of nitrogens with one attached hydrogen (secondary N) is 2. The van der Waals surface area contributed by atoms with Crippen molar-refractivity contribution < 1.29 is 10.2 Å². The molecule has 162 valence electrons. The standard InChI is InChI=1S/C22H27N7O2/c23-7-16(8-24-10-18(31)13-30)19-12-28-20(5-6-25-28)21(27-19)17-9-26-29(11-17)22(14-1-2-14)15-3-4-15/h5-9,11-12,14-15,18,22-24,30-31H,1-4,10,13H2/b16-8+,23-7?. The Morgan fingerprint density at radius 3 is 2.68 bits per heavy atom.